The SMILES string of the molecule is CCCn1cc(Oc2ccc(N)c(OCC(C)C)n2)cn1. The Morgan fingerprint density at radius 2 is 2.14 bits per heavy atom. The first kappa shape index (κ1) is 15.2. The lowest BCUT2D eigenvalue weighted by Gasteiger charge is -2.11. The molecule has 0 aliphatic heterocycles. The second-order valence-electron chi connectivity index (χ2n) is 5.29. The first-order valence-electron chi connectivity index (χ1n) is 7.18. The van der Waals surface area contributed by atoms with Crippen LogP contribution in [0.15, 0.2) is 24.5 Å². The molecule has 2 aromatic rings. The molecule has 0 saturated carbocycles. The molecule has 6 nitrogen and oxygen atoms in total. The fourth-order valence-corrected chi connectivity index (χ4v) is 1.72. The van der Waals surface area contributed by atoms with Crippen LogP contribution in [0.1, 0.15) is 27.2 Å². The minimum atomic E-state index is 0.405. The summed E-state index contributed by atoms with van der Waals surface area (Å²) >= 11 is 0. The number of nitrogens with two attached hydrogens (primary N) is 1. The second kappa shape index (κ2) is 6.97. The zero-order valence-electron chi connectivity index (χ0n) is 12.7. The molecule has 21 heavy (non-hydrogen) atoms. The molecule has 2 N–H and O–H groups in total. The van der Waals surface area contributed by atoms with Crippen LogP contribution in [0.25, 0.3) is 0 Å². The number of anilines is 1. The topological polar surface area (TPSA) is 75.2 Å². The van der Waals surface area contributed by atoms with Crippen LogP contribution in [-0.4, -0.2) is 21.4 Å². The van der Waals surface area contributed by atoms with Crippen LogP contribution >= 0.6 is 0 Å². The molecule has 114 valence electrons. The van der Waals surface area contributed by atoms with Gasteiger partial charge in [-0.05, 0) is 18.4 Å². The summed E-state index contributed by atoms with van der Waals surface area (Å²) in [6.45, 7) is 7.66. The Morgan fingerprint density at radius 1 is 1.33 bits per heavy atom. The van der Waals surface area contributed by atoms with E-state index in [1.807, 2.05) is 10.9 Å². The summed E-state index contributed by atoms with van der Waals surface area (Å²) < 4.78 is 13.1. The summed E-state index contributed by atoms with van der Waals surface area (Å²) in [7, 11) is 0. The van der Waals surface area contributed by atoms with E-state index >= 15 is 0 Å². The van der Waals surface area contributed by atoms with Gasteiger partial charge in [-0.25, -0.2) is 0 Å². The molecule has 0 aliphatic carbocycles. The van der Waals surface area contributed by atoms with E-state index in [9.17, 15) is 0 Å². The molecule has 0 amide bonds. The molecule has 2 heterocycles. The molecule has 0 aromatic carbocycles. The van der Waals surface area contributed by atoms with E-state index in [0.717, 1.165) is 13.0 Å². The maximum Gasteiger partial charge on any atom is 0.240 e. The lowest BCUT2D eigenvalue weighted by Crippen LogP contribution is -2.07. The van der Waals surface area contributed by atoms with Crippen molar-refractivity contribution >= 4 is 5.69 Å². The van der Waals surface area contributed by atoms with Crippen molar-refractivity contribution in [3.63, 3.8) is 0 Å². The molecular weight excluding hydrogens is 268 g/mol. The second-order valence-corrected chi connectivity index (χ2v) is 5.29. The highest BCUT2D eigenvalue weighted by atomic mass is 16.5. The molecule has 2 aromatic heterocycles. The number of hydrogen-bond acceptors (Lipinski definition) is 5. The lowest BCUT2D eigenvalue weighted by atomic mass is 10.2. The van der Waals surface area contributed by atoms with Gasteiger partial charge in [0.25, 0.3) is 0 Å². The van der Waals surface area contributed by atoms with Gasteiger partial charge in [0.1, 0.15) is 0 Å². The largest absolute Gasteiger partial charge is 0.476 e. The van der Waals surface area contributed by atoms with Gasteiger partial charge in [0.15, 0.2) is 5.75 Å². The van der Waals surface area contributed by atoms with Gasteiger partial charge in [0.05, 0.1) is 24.7 Å². The van der Waals surface area contributed by atoms with Crippen LogP contribution in [0.5, 0.6) is 17.5 Å². The van der Waals surface area contributed by atoms with Gasteiger partial charge >= 0.3 is 0 Å². The maximum absolute atomic E-state index is 5.85. The van der Waals surface area contributed by atoms with Gasteiger partial charge in [0, 0.05) is 12.6 Å². The summed E-state index contributed by atoms with van der Waals surface area (Å²) in [4.78, 5) is 4.29. The van der Waals surface area contributed by atoms with E-state index in [0.29, 0.717) is 35.7 Å². The van der Waals surface area contributed by atoms with Crippen molar-refractivity contribution in [2.45, 2.75) is 33.7 Å². The third-order valence-corrected chi connectivity index (χ3v) is 2.70. The highest BCUT2D eigenvalue weighted by molar-refractivity contribution is 5.49. The Hall–Kier alpha value is -2.24. The maximum atomic E-state index is 5.85. The quantitative estimate of drug-likeness (QED) is 0.848. The van der Waals surface area contributed by atoms with Crippen LogP contribution in [-0.2, 0) is 6.54 Å². The molecule has 6 heteroatoms. The van der Waals surface area contributed by atoms with Crippen molar-refractivity contribution < 1.29 is 9.47 Å². The van der Waals surface area contributed by atoms with Gasteiger partial charge in [-0.1, -0.05) is 20.8 Å². The zero-order valence-corrected chi connectivity index (χ0v) is 12.7. The molecule has 0 unspecified atom stereocenters. The van der Waals surface area contributed by atoms with Crippen molar-refractivity contribution in [1.82, 2.24) is 14.8 Å². The van der Waals surface area contributed by atoms with Gasteiger partial charge in [-0.2, -0.15) is 10.1 Å². The van der Waals surface area contributed by atoms with E-state index in [4.69, 9.17) is 15.2 Å². The zero-order chi connectivity index (χ0) is 15.2. The van der Waals surface area contributed by atoms with Crippen molar-refractivity contribution in [3.05, 3.63) is 24.5 Å². The number of hydrogen-bond donors (Lipinski definition) is 1. The van der Waals surface area contributed by atoms with Crippen molar-refractivity contribution in [3.8, 4) is 17.5 Å². The number of rotatable bonds is 7. The normalized spacial score (nSPS) is 10.9. The van der Waals surface area contributed by atoms with Crippen LogP contribution in [0.2, 0.25) is 0 Å². The highest BCUT2D eigenvalue weighted by Gasteiger charge is 2.08. The van der Waals surface area contributed by atoms with Crippen LogP contribution in [0.3, 0.4) is 0 Å². The molecule has 0 radical (unpaired) electrons. The average Bonchev–Trinajstić information content (AvgIpc) is 2.87. The summed E-state index contributed by atoms with van der Waals surface area (Å²) in [6.07, 6.45) is 4.53. The minimum absolute atomic E-state index is 0.405. The Kier molecular flexibility index (Phi) is 5.03. The number of nitrogen functional groups attached to an aromatic ring is 1. The molecule has 2 rings (SSSR count). The number of nitrogens with zero attached hydrogens (tertiary/aromatic N) is 3. The van der Waals surface area contributed by atoms with Crippen molar-refractivity contribution in [2.24, 2.45) is 5.92 Å². The molecular formula is C15H22N4O2. The Morgan fingerprint density at radius 3 is 2.86 bits per heavy atom. The van der Waals surface area contributed by atoms with Gasteiger partial charge in [-0.3, -0.25) is 4.68 Å². The predicted octanol–water partition coefficient (Wildman–Crippen LogP) is 3.10. The Labute approximate surface area is 124 Å². The van der Waals surface area contributed by atoms with E-state index in [-0.39, 0.29) is 0 Å². The van der Waals surface area contributed by atoms with E-state index in [1.165, 1.54) is 0 Å². The summed E-state index contributed by atoms with van der Waals surface area (Å²) in [5.74, 6) is 1.90. The third kappa shape index (κ3) is 4.37. The predicted molar refractivity (Wildman–Crippen MR) is 81.6 cm³/mol. The van der Waals surface area contributed by atoms with Crippen LogP contribution < -0.4 is 15.2 Å². The molecule has 0 aliphatic rings. The van der Waals surface area contributed by atoms with E-state index < -0.39 is 0 Å². The molecule has 0 atom stereocenters. The minimum Gasteiger partial charge on any atom is -0.476 e. The van der Waals surface area contributed by atoms with E-state index in [2.05, 4.69) is 30.9 Å². The molecule has 0 fully saturated rings. The van der Waals surface area contributed by atoms with Crippen molar-refractivity contribution in [2.75, 3.05) is 12.3 Å². The average molecular weight is 290 g/mol. The van der Waals surface area contributed by atoms with Crippen LogP contribution in [0, 0.1) is 5.92 Å². The summed E-state index contributed by atoms with van der Waals surface area (Å²) in [5, 5.41) is 4.21. The fourth-order valence-electron chi connectivity index (χ4n) is 1.72. The molecule has 0 bridgehead atoms. The third-order valence-electron chi connectivity index (χ3n) is 2.70. The number of pyridine rings is 1. The lowest BCUT2D eigenvalue weighted by molar-refractivity contribution is 0.260. The van der Waals surface area contributed by atoms with Crippen LogP contribution in [0.4, 0.5) is 5.69 Å². The smallest absolute Gasteiger partial charge is 0.240 e. The fraction of sp³-hybridized carbons (Fsp3) is 0.467. The number of ether oxygens (including phenoxy) is 2. The van der Waals surface area contributed by atoms with Gasteiger partial charge in [-0.15, -0.1) is 0 Å². The first-order valence-corrected chi connectivity index (χ1v) is 7.18. The molecule has 0 saturated heterocycles. The Bertz CT molecular complexity index is 581. The van der Waals surface area contributed by atoms with E-state index in [1.54, 1.807) is 18.3 Å². The highest BCUT2D eigenvalue weighted by Crippen LogP contribution is 2.26. The standard InChI is InChI=1S/C15H22N4O2/c1-4-7-19-9-12(8-17-19)21-14-6-5-13(16)15(18-14)20-10-11(2)3/h5-6,8-9,11H,4,7,10,16H2,1-3H3. The molecule has 0 spiro atoms. The Balaban J connectivity index is 2.07. The van der Waals surface area contributed by atoms with Crippen molar-refractivity contribution in [1.29, 1.82) is 0 Å². The first-order chi connectivity index (χ1) is 10.1. The summed E-state index contributed by atoms with van der Waals surface area (Å²) in [5.41, 5.74) is 6.36. The number of aromatic nitrogens is 3. The summed E-state index contributed by atoms with van der Waals surface area (Å²) in [6, 6.07) is 3.45. The van der Waals surface area contributed by atoms with Gasteiger partial charge < -0.3 is 15.2 Å². The number of aryl methyl sites for hydroxylation is 1. The van der Waals surface area contributed by atoms with Gasteiger partial charge in [0.2, 0.25) is 11.8 Å². The monoisotopic (exact) mass is 290 g/mol.